The maximum atomic E-state index is 12.9. The maximum absolute atomic E-state index is 12.9. The van der Waals surface area contributed by atoms with Gasteiger partial charge in [-0.2, -0.15) is 0 Å². The SMILES string of the molecule is CCn1ccnc1[C@H]1CCCN(CCCC(=O)c2ccc(F)cc2)C1. The van der Waals surface area contributed by atoms with Crippen molar-refractivity contribution in [2.24, 2.45) is 0 Å². The van der Waals surface area contributed by atoms with E-state index in [0.717, 1.165) is 32.6 Å². The van der Waals surface area contributed by atoms with Gasteiger partial charge >= 0.3 is 0 Å². The fraction of sp³-hybridized carbons (Fsp3) is 0.500. The summed E-state index contributed by atoms with van der Waals surface area (Å²) in [5, 5.41) is 0. The number of likely N-dealkylation sites (tertiary alicyclic amines) is 1. The lowest BCUT2D eigenvalue weighted by Gasteiger charge is -2.32. The zero-order valence-electron chi connectivity index (χ0n) is 14.8. The van der Waals surface area contributed by atoms with Gasteiger partial charge in [0.15, 0.2) is 5.78 Å². The number of Topliss-reactive ketones (excluding diaryl/α,β-unsaturated/α-hetero) is 1. The molecule has 0 bridgehead atoms. The molecule has 1 saturated heterocycles. The number of hydrogen-bond donors (Lipinski definition) is 0. The maximum Gasteiger partial charge on any atom is 0.162 e. The summed E-state index contributed by atoms with van der Waals surface area (Å²) in [4.78, 5) is 19.2. The molecule has 1 atom stereocenters. The monoisotopic (exact) mass is 343 g/mol. The van der Waals surface area contributed by atoms with Crippen molar-refractivity contribution in [2.45, 2.75) is 45.1 Å². The molecule has 0 N–H and O–H groups in total. The molecule has 134 valence electrons. The van der Waals surface area contributed by atoms with Gasteiger partial charge < -0.3 is 9.47 Å². The third-order valence-electron chi connectivity index (χ3n) is 5.00. The summed E-state index contributed by atoms with van der Waals surface area (Å²) < 4.78 is 15.2. The van der Waals surface area contributed by atoms with Crippen molar-refractivity contribution in [2.75, 3.05) is 19.6 Å². The average Bonchev–Trinajstić information content (AvgIpc) is 3.11. The summed E-state index contributed by atoms with van der Waals surface area (Å²) in [7, 11) is 0. The van der Waals surface area contributed by atoms with Gasteiger partial charge in [0.25, 0.3) is 0 Å². The Hall–Kier alpha value is -2.01. The number of nitrogens with zero attached hydrogens (tertiary/aromatic N) is 3. The predicted octanol–water partition coefficient (Wildman–Crippen LogP) is 3.88. The Bertz CT molecular complexity index is 695. The van der Waals surface area contributed by atoms with Crippen LogP contribution in [0, 0.1) is 5.82 Å². The number of benzene rings is 1. The third kappa shape index (κ3) is 4.54. The molecular weight excluding hydrogens is 317 g/mol. The van der Waals surface area contributed by atoms with Gasteiger partial charge in [-0.3, -0.25) is 4.79 Å². The number of carbonyl (C=O) groups is 1. The van der Waals surface area contributed by atoms with Gasteiger partial charge in [0.05, 0.1) is 0 Å². The van der Waals surface area contributed by atoms with Crippen LogP contribution >= 0.6 is 0 Å². The molecule has 0 amide bonds. The Morgan fingerprint density at radius 3 is 2.88 bits per heavy atom. The number of halogens is 1. The molecule has 2 heterocycles. The molecule has 1 aliphatic rings. The Morgan fingerprint density at radius 2 is 2.12 bits per heavy atom. The van der Waals surface area contributed by atoms with E-state index in [2.05, 4.69) is 27.6 Å². The van der Waals surface area contributed by atoms with Gasteiger partial charge in [-0.25, -0.2) is 9.37 Å². The molecule has 4 nitrogen and oxygen atoms in total. The Balaban J connectivity index is 1.48. The topological polar surface area (TPSA) is 38.1 Å². The summed E-state index contributed by atoms with van der Waals surface area (Å²) in [6.07, 6.45) is 7.64. The fourth-order valence-electron chi connectivity index (χ4n) is 3.66. The molecule has 2 aromatic rings. The number of imidazole rings is 1. The van der Waals surface area contributed by atoms with Crippen LogP contribution in [0.2, 0.25) is 0 Å². The van der Waals surface area contributed by atoms with E-state index in [1.54, 1.807) is 12.1 Å². The highest BCUT2D eigenvalue weighted by molar-refractivity contribution is 5.95. The number of ketones is 1. The van der Waals surface area contributed by atoms with E-state index in [0.29, 0.717) is 17.9 Å². The fourth-order valence-corrected chi connectivity index (χ4v) is 3.66. The average molecular weight is 343 g/mol. The van der Waals surface area contributed by atoms with Crippen LogP contribution in [-0.4, -0.2) is 39.9 Å². The molecule has 1 aromatic heterocycles. The van der Waals surface area contributed by atoms with E-state index in [-0.39, 0.29) is 11.6 Å². The van der Waals surface area contributed by atoms with E-state index in [4.69, 9.17) is 0 Å². The second-order valence-corrected chi connectivity index (χ2v) is 6.74. The highest BCUT2D eigenvalue weighted by atomic mass is 19.1. The van der Waals surface area contributed by atoms with Crippen LogP contribution in [0.1, 0.15) is 54.7 Å². The lowest BCUT2D eigenvalue weighted by atomic mass is 9.96. The molecule has 0 spiro atoms. The summed E-state index contributed by atoms with van der Waals surface area (Å²) in [5.74, 6) is 1.46. The van der Waals surface area contributed by atoms with Gasteiger partial charge in [-0.05, 0) is 63.5 Å². The summed E-state index contributed by atoms with van der Waals surface area (Å²) >= 11 is 0. The van der Waals surface area contributed by atoms with Crippen molar-refractivity contribution in [1.82, 2.24) is 14.5 Å². The van der Waals surface area contributed by atoms with E-state index < -0.39 is 0 Å². The summed E-state index contributed by atoms with van der Waals surface area (Å²) in [6, 6.07) is 5.83. The van der Waals surface area contributed by atoms with Gasteiger partial charge in [-0.15, -0.1) is 0 Å². The molecule has 1 fully saturated rings. The molecule has 25 heavy (non-hydrogen) atoms. The van der Waals surface area contributed by atoms with E-state index in [9.17, 15) is 9.18 Å². The van der Waals surface area contributed by atoms with Crippen LogP contribution < -0.4 is 0 Å². The second-order valence-electron chi connectivity index (χ2n) is 6.74. The molecule has 1 aromatic carbocycles. The molecule has 0 saturated carbocycles. The Kier molecular flexibility index (Phi) is 5.97. The number of hydrogen-bond acceptors (Lipinski definition) is 3. The third-order valence-corrected chi connectivity index (χ3v) is 5.00. The molecular formula is C20H26FN3O. The first-order valence-corrected chi connectivity index (χ1v) is 9.19. The van der Waals surface area contributed by atoms with Crippen LogP contribution in [0.5, 0.6) is 0 Å². The lowest BCUT2D eigenvalue weighted by Crippen LogP contribution is -2.36. The van der Waals surface area contributed by atoms with Gasteiger partial charge in [-0.1, -0.05) is 0 Å². The number of rotatable bonds is 7. The van der Waals surface area contributed by atoms with Crippen LogP contribution in [0.4, 0.5) is 4.39 Å². The van der Waals surface area contributed by atoms with E-state index in [1.165, 1.54) is 30.8 Å². The Morgan fingerprint density at radius 1 is 1.32 bits per heavy atom. The lowest BCUT2D eigenvalue weighted by molar-refractivity contribution is 0.0971. The number of aryl methyl sites for hydroxylation is 1. The zero-order valence-corrected chi connectivity index (χ0v) is 14.8. The van der Waals surface area contributed by atoms with E-state index >= 15 is 0 Å². The van der Waals surface area contributed by atoms with Crippen LogP contribution in [0.15, 0.2) is 36.7 Å². The Labute approximate surface area is 148 Å². The van der Waals surface area contributed by atoms with Gasteiger partial charge in [0.1, 0.15) is 11.6 Å². The predicted molar refractivity (Wildman–Crippen MR) is 96.3 cm³/mol. The minimum Gasteiger partial charge on any atom is -0.335 e. The van der Waals surface area contributed by atoms with Crippen LogP contribution in [-0.2, 0) is 6.54 Å². The van der Waals surface area contributed by atoms with Crippen molar-refractivity contribution in [3.8, 4) is 0 Å². The first-order chi connectivity index (χ1) is 12.2. The number of carbonyl (C=O) groups excluding carboxylic acids is 1. The summed E-state index contributed by atoms with van der Waals surface area (Å²) in [5.41, 5.74) is 0.600. The highest BCUT2D eigenvalue weighted by Crippen LogP contribution is 2.26. The minimum atomic E-state index is -0.304. The molecule has 3 rings (SSSR count). The zero-order chi connectivity index (χ0) is 17.6. The van der Waals surface area contributed by atoms with Crippen LogP contribution in [0.3, 0.4) is 0 Å². The first kappa shape index (κ1) is 17.8. The van der Waals surface area contributed by atoms with Crippen molar-refractivity contribution in [3.63, 3.8) is 0 Å². The van der Waals surface area contributed by atoms with E-state index in [1.807, 2.05) is 6.20 Å². The standard InChI is InChI=1S/C20H26FN3O/c1-2-24-14-11-22-20(24)17-5-3-12-23(15-17)13-4-6-19(25)16-7-9-18(21)10-8-16/h7-11,14,17H,2-6,12-13,15H2,1H3/t17-/m0/s1. The van der Waals surface area contributed by atoms with Crippen LogP contribution in [0.25, 0.3) is 0 Å². The highest BCUT2D eigenvalue weighted by Gasteiger charge is 2.24. The molecule has 0 unspecified atom stereocenters. The number of piperidine rings is 1. The molecule has 5 heteroatoms. The first-order valence-electron chi connectivity index (χ1n) is 9.19. The molecule has 1 aliphatic heterocycles. The van der Waals surface area contributed by atoms with Crippen molar-refractivity contribution in [3.05, 3.63) is 53.9 Å². The van der Waals surface area contributed by atoms with Gasteiger partial charge in [0.2, 0.25) is 0 Å². The minimum absolute atomic E-state index is 0.0927. The van der Waals surface area contributed by atoms with Crippen molar-refractivity contribution < 1.29 is 9.18 Å². The largest absolute Gasteiger partial charge is 0.335 e. The second kappa shape index (κ2) is 8.39. The molecule has 0 radical (unpaired) electrons. The van der Waals surface area contributed by atoms with Crippen molar-refractivity contribution >= 4 is 5.78 Å². The van der Waals surface area contributed by atoms with Gasteiger partial charge in [0, 0.05) is 43.4 Å². The summed E-state index contributed by atoms with van der Waals surface area (Å²) in [6.45, 7) is 6.14. The number of aromatic nitrogens is 2. The van der Waals surface area contributed by atoms with Crippen molar-refractivity contribution in [1.29, 1.82) is 0 Å². The normalized spacial score (nSPS) is 18.4. The quantitative estimate of drug-likeness (QED) is 0.716. The smallest absolute Gasteiger partial charge is 0.162 e. The molecule has 0 aliphatic carbocycles.